The molecule has 0 aliphatic carbocycles. The SMILES string of the molecule is CCC(N)(Cc1cccc(OC)c1)c1ccccc1. The van der Waals surface area contributed by atoms with Gasteiger partial charge in [-0.2, -0.15) is 0 Å². The third-order valence-electron chi connectivity index (χ3n) is 3.63. The van der Waals surface area contributed by atoms with Gasteiger partial charge in [0.1, 0.15) is 5.75 Å². The zero-order valence-electron chi connectivity index (χ0n) is 11.6. The predicted molar refractivity (Wildman–Crippen MR) is 79.3 cm³/mol. The summed E-state index contributed by atoms with van der Waals surface area (Å²) in [4.78, 5) is 0. The van der Waals surface area contributed by atoms with Crippen molar-refractivity contribution < 1.29 is 4.74 Å². The molecule has 1 unspecified atom stereocenters. The first-order valence-electron chi connectivity index (χ1n) is 6.65. The maximum atomic E-state index is 6.60. The van der Waals surface area contributed by atoms with E-state index in [2.05, 4.69) is 31.2 Å². The largest absolute Gasteiger partial charge is 0.497 e. The topological polar surface area (TPSA) is 35.2 Å². The first-order chi connectivity index (χ1) is 9.18. The molecule has 1 atom stereocenters. The molecule has 0 saturated heterocycles. The maximum absolute atomic E-state index is 6.60. The predicted octanol–water partition coefficient (Wildman–Crippen LogP) is 3.50. The van der Waals surface area contributed by atoms with Crippen LogP contribution in [0.2, 0.25) is 0 Å². The minimum atomic E-state index is -0.326. The number of rotatable bonds is 5. The first-order valence-corrected chi connectivity index (χ1v) is 6.65. The van der Waals surface area contributed by atoms with Gasteiger partial charge in [0.15, 0.2) is 0 Å². The number of nitrogens with two attached hydrogens (primary N) is 1. The molecular weight excluding hydrogens is 234 g/mol. The van der Waals surface area contributed by atoms with E-state index < -0.39 is 0 Å². The summed E-state index contributed by atoms with van der Waals surface area (Å²) in [5, 5.41) is 0. The van der Waals surface area contributed by atoms with Crippen LogP contribution in [-0.4, -0.2) is 7.11 Å². The highest BCUT2D eigenvalue weighted by atomic mass is 16.5. The summed E-state index contributed by atoms with van der Waals surface area (Å²) in [6.45, 7) is 2.13. The van der Waals surface area contributed by atoms with Gasteiger partial charge in [0.2, 0.25) is 0 Å². The molecule has 0 radical (unpaired) electrons. The highest BCUT2D eigenvalue weighted by Crippen LogP contribution is 2.27. The molecule has 0 amide bonds. The smallest absolute Gasteiger partial charge is 0.119 e. The van der Waals surface area contributed by atoms with Crippen LogP contribution >= 0.6 is 0 Å². The molecule has 0 heterocycles. The number of methoxy groups -OCH3 is 1. The van der Waals surface area contributed by atoms with E-state index in [9.17, 15) is 0 Å². The number of benzene rings is 2. The van der Waals surface area contributed by atoms with Crippen molar-refractivity contribution in [1.82, 2.24) is 0 Å². The van der Waals surface area contributed by atoms with Gasteiger partial charge < -0.3 is 10.5 Å². The molecule has 0 aliphatic rings. The van der Waals surface area contributed by atoms with Crippen LogP contribution in [0.4, 0.5) is 0 Å². The summed E-state index contributed by atoms with van der Waals surface area (Å²) in [7, 11) is 1.69. The highest BCUT2D eigenvalue weighted by molar-refractivity contribution is 5.32. The Balaban J connectivity index is 2.27. The lowest BCUT2D eigenvalue weighted by Gasteiger charge is -2.29. The number of ether oxygens (including phenoxy) is 1. The van der Waals surface area contributed by atoms with E-state index in [4.69, 9.17) is 10.5 Å². The van der Waals surface area contributed by atoms with Crippen molar-refractivity contribution in [3.05, 3.63) is 65.7 Å². The Morgan fingerprint density at radius 2 is 1.79 bits per heavy atom. The van der Waals surface area contributed by atoms with Crippen molar-refractivity contribution in [3.63, 3.8) is 0 Å². The molecule has 2 nitrogen and oxygen atoms in total. The lowest BCUT2D eigenvalue weighted by atomic mass is 9.82. The molecule has 2 aromatic carbocycles. The third-order valence-corrected chi connectivity index (χ3v) is 3.63. The van der Waals surface area contributed by atoms with E-state index >= 15 is 0 Å². The molecule has 0 spiro atoms. The van der Waals surface area contributed by atoms with E-state index in [1.54, 1.807) is 7.11 Å². The van der Waals surface area contributed by atoms with Gasteiger partial charge in [-0.05, 0) is 36.1 Å². The molecule has 2 heteroatoms. The van der Waals surface area contributed by atoms with Crippen LogP contribution in [0.3, 0.4) is 0 Å². The summed E-state index contributed by atoms with van der Waals surface area (Å²) in [6.07, 6.45) is 1.71. The zero-order valence-corrected chi connectivity index (χ0v) is 11.6. The summed E-state index contributed by atoms with van der Waals surface area (Å²) < 4.78 is 5.27. The summed E-state index contributed by atoms with van der Waals surface area (Å²) in [6, 6.07) is 18.4. The fourth-order valence-electron chi connectivity index (χ4n) is 2.35. The summed E-state index contributed by atoms with van der Waals surface area (Å²) in [5.41, 5.74) is 8.66. The second-order valence-electron chi connectivity index (χ2n) is 4.90. The molecule has 2 N–H and O–H groups in total. The Labute approximate surface area is 115 Å². The van der Waals surface area contributed by atoms with Gasteiger partial charge in [-0.3, -0.25) is 0 Å². The average molecular weight is 255 g/mol. The van der Waals surface area contributed by atoms with Crippen molar-refractivity contribution in [1.29, 1.82) is 0 Å². The Morgan fingerprint density at radius 1 is 1.05 bits per heavy atom. The lowest BCUT2D eigenvalue weighted by Crippen LogP contribution is -2.38. The molecule has 0 saturated carbocycles. The quantitative estimate of drug-likeness (QED) is 0.887. The number of hydrogen-bond acceptors (Lipinski definition) is 2. The zero-order chi connectivity index (χ0) is 13.7. The van der Waals surface area contributed by atoms with Crippen LogP contribution in [0, 0.1) is 0 Å². The third kappa shape index (κ3) is 3.15. The van der Waals surface area contributed by atoms with Crippen molar-refractivity contribution >= 4 is 0 Å². The van der Waals surface area contributed by atoms with Gasteiger partial charge in [-0.25, -0.2) is 0 Å². The standard InChI is InChI=1S/C17H21NO/c1-3-17(18,15-9-5-4-6-10-15)13-14-8-7-11-16(12-14)19-2/h4-12H,3,13,18H2,1-2H3. The fourth-order valence-corrected chi connectivity index (χ4v) is 2.35. The van der Waals surface area contributed by atoms with Gasteiger partial charge >= 0.3 is 0 Å². The Hall–Kier alpha value is -1.80. The van der Waals surface area contributed by atoms with Crippen molar-refractivity contribution in [2.75, 3.05) is 7.11 Å². The molecule has 0 bridgehead atoms. The maximum Gasteiger partial charge on any atom is 0.119 e. The van der Waals surface area contributed by atoms with Gasteiger partial charge in [0.25, 0.3) is 0 Å². The van der Waals surface area contributed by atoms with Crippen LogP contribution < -0.4 is 10.5 Å². The molecule has 0 aromatic heterocycles. The van der Waals surface area contributed by atoms with E-state index in [1.165, 1.54) is 11.1 Å². The van der Waals surface area contributed by atoms with E-state index in [1.807, 2.05) is 30.3 Å². The summed E-state index contributed by atoms with van der Waals surface area (Å²) >= 11 is 0. The molecule has 19 heavy (non-hydrogen) atoms. The molecule has 0 aliphatic heterocycles. The van der Waals surface area contributed by atoms with E-state index in [0.717, 1.165) is 18.6 Å². The van der Waals surface area contributed by atoms with Gasteiger partial charge in [-0.1, -0.05) is 49.4 Å². The molecule has 2 aromatic rings. The van der Waals surface area contributed by atoms with E-state index in [-0.39, 0.29) is 5.54 Å². The second-order valence-corrected chi connectivity index (χ2v) is 4.90. The minimum Gasteiger partial charge on any atom is -0.497 e. The van der Waals surface area contributed by atoms with Crippen LogP contribution in [0.15, 0.2) is 54.6 Å². The van der Waals surface area contributed by atoms with Crippen molar-refractivity contribution in [2.45, 2.75) is 25.3 Å². The Morgan fingerprint density at radius 3 is 2.42 bits per heavy atom. The Bertz CT molecular complexity index is 524. The lowest BCUT2D eigenvalue weighted by molar-refractivity contribution is 0.408. The van der Waals surface area contributed by atoms with Gasteiger partial charge in [0.05, 0.1) is 7.11 Å². The number of hydrogen-bond donors (Lipinski definition) is 1. The minimum absolute atomic E-state index is 0.326. The second kappa shape index (κ2) is 5.89. The molecule has 0 fully saturated rings. The average Bonchev–Trinajstić information content (AvgIpc) is 2.48. The van der Waals surface area contributed by atoms with Crippen LogP contribution in [0.1, 0.15) is 24.5 Å². The molecular formula is C17H21NO. The monoisotopic (exact) mass is 255 g/mol. The van der Waals surface area contributed by atoms with Crippen molar-refractivity contribution in [3.8, 4) is 5.75 Å². The fraction of sp³-hybridized carbons (Fsp3) is 0.294. The molecule has 100 valence electrons. The summed E-state index contributed by atoms with van der Waals surface area (Å²) in [5.74, 6) is 0.879. The van der Waals surface area contributed by atoms with Crippen LogP contribution in [0.25, 0.3) is 0 Å². The van der Waals surface area contributed by atoms with Crippen LogP contribution in [-0.2, 0) is 12.0 Å². The van der Waals surface area contributed by atoms with Crippen molar-refractivity contribution in [2.24, 2.45) is 5.73 Å². The normalized spacial score (nSPS) is 13.8. The van der Waals surface area contributed by atoms with Gasteiger partial charge in [0, 0.05) is 5.54 Å². The Kier molecular flexibility index (Phi) is 4.23. The van der Waals surface area contributed by atoms with Gasteiger partial charge in [-0.15, -0.1) is 0 Å². The van der Waals surface area contributed by atoms with Crippen LogP contribution in [0.5, 0.6) is 5.75 Å². The first kappa shape index (κ1) is 13.6. The molecule has 2 rings (SSSR count). The highest BCUT2D eigenvalue weighted by Gasteiger charge is 2.25. The van der Waals surface area contributed by atoms with E-state index in [0.29, 0.717) is 0 Å².